The highest BCUT2D eigenvalue weighted by molar-refractivity contribution is 5.57. The van der Waals surface area contributed by atoms with E-state index in [9.17, 15) is 0 Å². The molecule has 2 aromatic rings. The van der Waals surface area contributed by atoms with Crippen LogP contribution in [0.1, 0.15) is 17.6 Å². The number of rotatable bonds is 2. The lowest BCUT2D eigenvalue weighted by Crippen LogP contribution is -2.44. The van der Waals surface area contributed by atoms with Gasteiger partial charge >= 0.3 is 0 Å². The van der Waals surface area contributed by atoms with Gasteiger partial charge in [0.05, 0.1) is 11.7 Å². The molecule has 1 atom stereocenters. The molecule has 1 fully saturated rings. The zero-order valence-electron chi connectivity index (χ0n) is 11.9. The van der Waals surface area contributed by atoms with Crippen molar-refractivity contribution in [3.05, 3.63) is 42.1 Å². The highest BCUT2D eigenvalue weighted by Gasteiger charge is 2.21. The predicted octanol–water partition coefficient (Wildman–Crippen LogP) is 1.42. The van der Waals surface area contributed by atoms with Crippen LogP contribution >= 0.6 is 0 Å². The van der Waals surface area contributed by atoms with Gasteiger partial charge in [-0.25, -0.2) is 9.97 Å². The second kappa shape index (κ2) is 5.64. The average Bonchev–Trinajstić information content (AvgIpc) is 2.47. The minimum atomic E-state index is 0.198. The second-order valence-corrected chi connectivity index (χ2v) is 5.26. The number of hydrogen-bond donors (Lipinski definition) is 1. The lowest BCUT2D eigenvalue weighted by Gasteiger charge is -2.30. The summed E-state index contributed by atoms with van der Waals surface area (Å²) in [5.74, 6) is 0.871. The summed E-state index contributed by atoms with van der Waals surface area (Å²) in [6, 6.07) is 6.16. The summed E-state index contributed by atoms with van der Waals surface area (Å²) in [6.45, 7) is 4.99. The molecule has 104 valence electrons. The number of pyridine rings is 1. The van der Waals surface area contributed by atoms with Gasteiger partial charge in [-0.15, -0.1) is 0 Å². The van der Waals surface area contributed by atoms with Crippen molar-refractivity contribution >= 4 is 0 Å². The van der Waals surface area contributed by atoms with E-state index < -0.39 is 0 Å². The van der Waals surface area contributed by atoms with Crippen molar-refractivity contribution in [1.29, 1.82) is 0 Å². The summed E-state index contributed by atoms with van der Waals surface area (Å²) in [7, 11) is 2.13. The van der Waals surface area contributed by atoms with E-state index in [2.05, 4.69) is 27.2 Å². The highest BCUT2D eigenvalue weighted by Crippen LogP contribution is 2.20. The maximum Gasteiger partial charge on any atom is 0.147 e. The van der Waals surface area contributed by atoms with Crippen LogP contribution in [-0.4, -0.2) is 46.5 Å². The predicted molar refractivity (Wildman–Crippen MR) is 78.2 cm³/mol. The summed E-state index contributed by atoms with van der Waals surface area (Å²) in [6.07, 6.45) is 3.61. The molecule has 0 bridgehead atoms. The molecule has 0 saturated carbocycles. The molecule has 1 unspecified atom stereocenters. The topological polar surface area (TPSA) is 53.9 Å². The van der Waals surface area contributed by atoms with Gasteiger partial charge in [-0.2, -0.15) is 0 Å². The number of nitrogens with zero attached hydrogens (tertiary/aromatic N) is 4. The van der Waals surface area contributed by atoms with Gasteiger partial charge in [0.2, 0.25) is 0 Å². The van der Waals surface area contributed by atoms with E-state index in [4.69, 9.17) is 4.98 Å². The van der Waals surface area contributed by atoms with E-state index in [1.165, 1.54) is 0 Å². The van der Waals surface area contributed by atoms with Gasteiger partial charge in [-0.3, -0.25) is 4.98 Å². The molecule has 5 nitrogen and oxygen atoms in total. The van der Waals surface area contributed by atoms with Gasteiger partial charge in [0.1, 0.15) is 5.82 Å². The third kappa shape index (κ3) is 2.84. The maximum atomic E-state index is 4.72. The lowest BCUT2D eigenvalue weighted by atomic mass is 10.1. The first-order valence-electron chi connectivity index (χ1n) is 6.90. The molecule has 2 aromatic heterocycles. The zero-order chi connectivity index (χ0) is 13.9. The van der Waals surface area contributed by atoms with Crippen LogP contribution in [0.5, 0.6) is 0 Å². The SMILES string of the molecule is Cc1cc(-c2cccnc2)nc(C2CN(C)CCN2)n1. The molecule has 1 aliphatic heterocycles. The third-order valence-corrected chi connectivity index (χ3v) is 3.52. The van der Waals surface area contributed by atoms with Crippen molar-refractivity contribution in [2.75, 3.05) is 26.7 Å². The van der Waals surface area contributed by atoms with Crippen molar-refractivity contribution in [1.82, 2.24) is 25.2 Å². The fourth-order valence-corrected chi connectivity index (χ4v) is 2.48. The summed E-state index contributed by atoms with van der Waals surface area (Å²) in [5, 5.41) is 3.49. The fraction of sp³-hybridized carbons (Fsp3) is 0.400. The Labute approximate surface area is 119 Å². The number of aromatic nitrogens is 3. The van der Waals surface area contributed by atoms with Crippen LogP contribution in [-0.2, 0) is 0 Å². The number of hydrogen-bond acceptors (Lipinski definition) is 5. The van der Waals surface area contributed by atoms with Crippen LogP contribution in [0.2, 0.25) is 0 Å². The van der Waals surface area contributed by atoms with E-state index >= 15 is 0 Å². The van der Waals surface area contributed by atoms with Crippen LogP contribution in [0.15, 0.2) is 30.6 Å². The van der Waals surface area contributed by atoms with Crippen LogP contribution in [0.3, 0.4) is 0 Å². The lowest BCUT2D eigenvalue weighted by molar-refractivity contribution is 0.235. The molecule has 5 heteroatoms. The molecule has 3 rings (SSSR count). The van der Waals surface area contributed by atoms with Gasteiger partial charge in [0.15, 0.2) is 0 Å². The Morgan fingerprint density at radius 2 is 2.25 bits per heavy atom. The molecule has 0 amide bonds. The van der Waals surface area contributed by atoms with Crippen molar-refractivity contribution in [2.24, 2.45) is 0 Å². The van der Waals surface area contributed by atoms with Crippen LogP contribution in [0, 0.1) is 6.92 Å². The van der Waals surface area contributed by atoms with Crippen LogP contribution in [0.25, 0.3) is 11.3 Å². The first-order valence-corrected chi connectivity index (χ1v) is 6.90. The van der Waals surface area contributed by atoms with Gasteiger partial charge in [-0.1, -0.05) is 0 Å². The van der Waals surface area contributed by atoms with E-state index in [0.29, 0.717) is 0 Å². The van der Waals surface area contributed by atoms with Gasteiger partial charge < -0.3 is 10.2 Å². The summed E-state index contributed by atoms with van der Waals surface area (Å²) >= 11 is 0. The van der Waals surface area contributed by atoms with Crippen molar-refractivity contribution in [3.8, 4) is 11.3 Å². The van der Waals surface area contributed by atoms with E-state index in [1.807, 2.05) is 31.3 Å². The smallest absolute Gasteiger partial charge is 0.147 e. The number of likely N-dealkylation sites (N-methyl/N-ethyl adjacent to an activating group) is 1. The second-order valence-electron chi connectivity index (χ2n) is 5.26. The van der Waals surface area contributed by atoms with Crippen molar-refractivity contribution in [3.63, 3.8) is 0 Å². The summed E-state index contributed by atoms with van der Waals surface area (Å²) < 4.78 is 0. The van der Waals surface area contributed by atoms with Crippen molar-refractivity contribution < 1.29 is 0 Å². The molecule has 1 saturated heterocycles. The molecule has 0 aliphatic carbocycles. The Hall–Kier alpha value is -1.85. The molecular formula is C15H19N5. The molecule has 0 aromatic carbocycles. The molecule has 3 heterocycles. The van der Waals surface area contributed by atoms with Gasteiger partial charge in [0.25, 0.3) is 0 Å². The van der Waals surface area contributed by atoms with E-state index in [1.54, 1.807) is 6.20 Å². The normalized spacial score (nSPS) is 20.0. The molecule has 0 spiro atoms. The Bertz CT molecular complexity index is 584. The summed E-state index contributed by atoms with van der Waals surface area (Å²) in [5.41, 5.74) is 2.96. The molecule has 1 N–H and O–H groups in total. The standard InChI is InChI=1S/C15H19N5/c1-11-8-13(12-4-3-5-16-9-12)19-15(18-11)14-10-20(2)7-6-17-14/h3-5,8-9,14,17H,6-7,10H2,1-2H3. The number of piperazine rings is 1. The Kier molecular flexibility index (Phi) is 3.71. The van der Waals surface area contributed by atoms with Gasteiger partial charge in [-0.05, 0) is 32.2 Å². The average molecular weight is 269 g/mol. The summed E-state index contributed by atoms with van der Waals surface area (Å²) in [4.78, 5) is 15.8. The fourth-order valence-electron chi connectivity index (χ4n) is 2.48. The minimum Gasteiger partial charge on any atom is -0.305 e. The molecular weight excluding hydrogens is 250 g/mol. The Morgan fingerprint density at radius 1 is 1.35 bits per heavy atom. The van der Waals surface area contributed by atoms with Crippen LogP contribution in [0.4, 0.5) is 0 Å². The maximum absolute atomic E-state index is 4.72. The van der Waals surface area contributed by atoms with Crippen LogP contribution < -0.4 is 5.32 Å². The zero-order valence-corrected chi connectivity index (χ0v) is 11.9. The first kappa shape index (κ1) is 13.1. The molecule has 1 aliphatic rings. The third-order valence-electron chi connectivity index (χ3n) is 3.52. The Balaban J connectivity index is 1.94. The largest absolute Gasteiger partial charge is 0.305 e. The first-order chi connectivity index (χ1) is 9.72. The number of nitrogens with one attached hydrogen (secondary N) is 1. The molecule has 0 radical (unpaired) electrons. The quantitative estimate of drug-likeness (QED) is 0.893. The number of aryl methyl sites for hydroxylation is 1. The monoisotopic (exact) mass is 269 g/mol. The molecule has 20 heavy (non-hydrogen) atoms. The minimum absolute atomic E-state index is 0.198. The van der Waals surface area contributed by atoms with Crippen molar-refractivity contribution in [2.45, 2.75) is 13.0 Å². The Morgan fingerprint density at radius 3 is 3.00 bits per heavy atom. The van der Waals surface area contributed by atoms with E-state index in [-0.39, 0.29) is 6.04 Å². The van der Waals surface area contributed by atoms with Gasteiger partial charge in [0, 0.05) is 43.3 Å². The highest BCUT2D eigenvalue weighted by atomic mass is 15.2. The van der Waals surface area contributed by atoms with E-state index in [0.717, 1.165) is 42.4 Å².